The number of nitro benzene ring substituents is 1. The zero-order chi connectivity index (χ0) is 25.7. The Kier molecular flexibility index (Phi) is 7.99. The van der Waals surface area contributed by atoms with Crippen LogP contribution in [0.15, 0.2) is 77.0 Å². The predicted octanol–water partition coefficient (Wildman–Crippen LogP) is 5.70. The molecule has 4 aromatic rings. The minimum atomic E-state index is -0.586. The molecule has 182 valence electrons. The van der Waals surface area contributed by atoms with Crippen molar-refractivity contribution in [2.75, 3.05) is 5.75 Å². The predicted molar refractivity (Wildman–Crippen MR) is 141 cm³/mol. The molecule has 0 atom stereocenters. The lowest BCUT2D eigenvalue weighted by Crippen LogP contribution is -2.20. The third kappa shape index (κ3) is 6.09. The van der Waals surface area contributed by atoms with Crippen molar-refractivity contribution >= 4 is 52.8 Å². The number of halogens is 2. The third-order valence-electron chi connectivity index (χ3n) is 4.93. The molecule has 0 aliphatic rings. The van der Waals surface area contributed by atoms with E-state index in [0.717, 1.165) is 16.8 Å². The standard InChI is InChI=1S/C24H18Cl2N6O3S/c1-15-2-9-19(10-3-15)31-23(17-5-7-18(25)8-6-17)29-30-24(31)36-14-22(33)28-27-13-16-4-11-20(26)21(12-16)32(34)35/h2-13H,14H2,1H3,(H,28,33)/b27-13+. The Labute approximate surface area is 220 Å². The van der Waals surface area contributed by atoms with Gasteiger partial charge in [0, 0.05) is 27.9 Å². The van der Waals surface area contributed by atoms with Crippen LogP contribution in [-0.4, -0.2) is 37.6 Å². The van der Waals surface area contributed by atoms with Crippen LogP contribution in [0.1, 0.15) is 11.1 Å². The quantitative estimate of drug-likeness (QED) is 0.132. The van der Waals surface area contributed by atoms with Crippen LogP contribution >= 0.6 is 35.0 Å². The van der Waals surface area contributed by atoms with Crippen molar-refractivity contribution in [3.63, 3.8) is 0 Å². The maximum absolute atomic E-state index is 12.4. The molecule has 3 aromatic carbocycles. The maximum Gasteiger partial charge on any atom is 0.288 e. The van der Waals surface area contributed by atoms with Crippen molar-refractivity contribution in [2.24, 2.45) is 5.10 Å². The van der Waals surface area contributed by atoms with Crippen LogP contribution in [-0.2, 0) is 4.79 Å². The summed E-state index contributed by atoms with van der Waals surface area (Å²) in [5.74, 6) is 0.245. The molecule has 1 aromatic heterocycles. The van der Waals surface area contributed by atoms with Crippen molar-refractivity contribution in [3.05, 3.63) is 98.0 Å². The van der Waals surface area contributed by atoms with E-state index in [0.29, 0.717) is 21.6 Å². The van der Waals surface area contributed by atoms with Crippen molar-refractivity contribution < 1.29 is 9.72 Å². The monoisotopic (exact) mass is 540 g/mol. The zero-order valence-corrected chi connectivity index (χ0v) is 21.1. The van der Waals surface area contributed by atoms with Crippen molar-refractivity contribution in [1.29, 1.82) is 0 Å². The molecule has 0 radical (unpaired) electrons. The Morgan fingerprint density at radius 1 is 1.11 bits per heavy atom. The Morgan fingerprint density at radius 2 is 1.83 bits per heavy atom. The third-order valence-corrected chi connectivity index (χ3v) is 6.43. The fourth-order valence-electron chi connectivity index (χ4n) is 3.17. The summed E-state index contributed by atoms with van der Waals surface area (Å²) in [5, 5.41) is 24.7. The Morgan fingerprint density at radius 3 is 2.53 bits per heavy atom. The number of hydrogen-bond acceptors (Lipinski definition) is 7. The lowest BCUT2D eigenvalue weighted by molar-refractivity contribution is -0.384. The van der Waals surface area contributed by atoms with Gasteiger partial charge in [-0.2, -0.15) is 5.10 Å². The van der Waals surface area contributed by atoms with E-state index >= 15 is 0 Å². The van der Waals surface area contributed by atoms with Gasteiger partial charge in [0.25, 0.3) is 11.6 Å². The second-order valence-electron chi connectivity index (χ2n) is 7.53. The summed E-state index contributed by atoms with van der Waals surface area (Å²) in [6.07, 6.45) is 1.30. The first-order valence-electron chi connectivity index (χ1n) is 10.5. The van der Waals surface area contributed by atoms with Crippen LogP contribution in [0.4, 0.5) is 5.69 Å². The molecule has 0 spiro atoms. The SMILES string of the molecule is Cc1ccc(-n2c(SCC(=O)N/N=C/c3ccc(Cl)c([N+](=O)[O-])c3)nnc2-c2ccc(Cl)cc2)cc1. The van der Waals surface area contributed by atoms with E-state index in [-0.39, 0.29) is 22.4 Å². The summed E-state index contributed by atoms with van der Waals surface area (Å²) in [4.78, 5) is 22.8. The molecular weight excluding hydrogens is 523 g/mol. The Bertz CT molecular complexity index is 1440. The molecule has 36 heavy (non-hydrogen) atoms. The van der Waals surface area contributed by atoms with Crippen molar-refractivity contribution in [3.8, 4) is 17.1 Å². The van der Waals surface area contributed by atoms with Crippen LogP contribution in [0.2, 0.25) is 10.0 Å². The molecule has 0 aliphatic carbocycles. The normalized spacial score (nSPS) is 11.1. The molecule has 0 saturated carbocycles. The number of hydrazone groups is 1. The highest BCUT2D eigenvalue weighted by atomic mass is 35.5. The second-order valence-corrected chi connectivity index (χ2v) is 9.32. The van der Waals surface area contributed by atoms with Crippen molar-refractivity contribution in [1.82, 2.24) is 20.2 Å². The zero-order valence-electron chi connectivity index (χ0n) is 18.8. The lowest BCUT2D eigenvalue weighted by Gasteiger charge is -2.10. The maximum atomic E-state index is 12.4. The fourth-order valence-corrected chi connectivity index (χ4v) is 4.22. The molecule has 9 nitrogen and oxygen atoms in total. The number of nitrogens with one attached hydrogen (secondary N) is 1. The van der Waals surface area contributed by atoms with Gasteiger partial charge in [-0.3, -0.25) is 19.5 Å². The van der Waals surface area contributed by atoms with E-state index in [1.54, 1.807) is 18.2 Å². The molecule has 0 aliphatic heterocycles. The van der Waals surface area contributed by atoms with Gasteiger partial charge in [-0.1, -0.05) is 58.7 Å². The molecule has 1 amide bonds. The first kappa shape index (κ1) is 25.4. The molecule has 1 heterocycles. The van der Waals surface area contributed by atoms with Gasteiger partial charge < -0.3 is 0 Å². The molecular formula is C24H18Cl2N6O3S. The number of nitrogens with zero attached hydrogens (tertiary/aromatic N) is 5. The molecule has 0 bridgehead atoms. The Hall–Kier alpha value is -3.73. The summed E-state index contributed by atoms with van der Waals surface area (Å²) in [6, 6.07) is 19.4. The number of benzene rings is 3. The number of thioether (sulfide) groups is 1. The van der Waals surface area contributed by atoms with Gasteiger partial charge in [0.05, 0.1) is 16.9 Å². The van der Waals surface area contributed by atoms with Crippen LogP contribution in [0.25, 0.3) is 17.1 Å². The number of hydrogen-bond donors (Lipinski definition) is 1. The summed E-state index contributed by atoms with van der Waals surface area (Å²) in [6.45, 7) is 2.00. The smallest absolute Gasteiger partial charge is 0.272 e. The van der Waals surface area contributed by atoms with Gasteiger partial charge in [-0.25, -0.2) is 5.43 Å². The molecule has 4 rings (SSSR count). The lowest BCUT2D eigenvalue weighted by atomic mass is 10.2. The highest BCUT2D eigenvalue weighted by Gasteiger charge is 2.17. The van der Waals surface area contributed by atoms with Crippen LogP contribution < -0.4 is 5.43 Å². The largest absolute Gasteiger partial charge is 0.288 e. The number of rotatable bonds is 8. The van der Waals surface area contributed by atoms with Gasteiger partial charge in [-0.05, 0) is 49.4 Å². The van der Waals surface area contributed by atoms with Gasteiger partial charge >= 0.3 is 0 Å². The van der Waals surface area contributed by atoms with E-state index in [9.17, 15) is 14.9 Å². The van der Waals surface area contributed by atoms with Crippen LogP contribution in [0.5, 0.6) is 0 Å². The van der Waals surface area contributed by atoms with Gasteiger partial charge in [0.2, 0.25) is 0 Å². The average Bonchev–Trinajstić information content (AvgIpc) is 3.28. The topological polar surface area (TPSA) is 115 Å². The minimum Gasteiger partial charge on any atom is -0.272 e. The van der Waals surface area contributed by atoms with Gasteiger partial charge in [-0.15, -0.1) is 10.2 Å². The van der Waals surface area contributed by atoms with Crippen molar-refractivity contribution in [2.45, 2.75) is 12.1 Å². The number of aromatic nitrogens is 3. The first-order chi connectivity index (χ1) is 17.3. The van der Waals surface area contributed by atoms with E-state index < -0.39 is 4.92 Å². The van der Waals surface area contributed by atoms with E-state index in [1.807, 2.05) is 47.9 Å². The van der Waals surface area contributed by atoms with Gasteiger partial charge in [0.15, 0.2) is 11.0 Å². The first-order valence-corrected chi connectivity index (χ1v) is 12.2. The van der Waals surface area contributed by atoms with Gasteiger partial charge in [0.1, 0.15) is 5.02 Å². The summed E-state index contributed by atoms with van der Waals surface area (Å²) in [7, 11) is 0. The number of aryl methyl sites for hydroxylation is 1. The van der Waals surface area contributed by atoms with E-state index in [1.165, 1.54) is 30.1 Å². The fraction of sp³-hybridized carbons (Fsp3) is 0.0833. The Balaban J connectivity index is 1.49. The summed E-state index contributed by atoms with van der Waals surface area (Å²) < 4.78 is 1.87. The number of carbonyl (C=O) groups is 1. The average molecular weight is 541 g/mol. The highest BCUT2D eigenvalue weighted by molar-refractivity contribution is 7.99. The van der Waals surface area contributed by atoms with Crippen LogP contribution in [0, 0.1) is 17.0 Å². The highest BCUT2D eigenvalue weighted by Crippen LogP contribution is 2.29. The van der Waals surface area contributed by atoms with E-state index in [4.69, 9.17) is 23.2 Å². The molecule has 0 unspecified atom stereocenters. The molecule has 0 fully saturated rings. The second kappa shape index (κ2) is 11.3. The molecule has 0 saturated heterocycles. The number of amides is 1. The number of nitro groups is 1. The molecule has 12 heteroatoms. The summed E-state index contributed by atoms with van der Waals surface area (Å²) >= 11 is 13.0. The van der Waals surface area contributed by atoms with Crippen LogP contribution in [0.3, 0.4) is 0 Å². The summed E-state index contributed by atoms with van der Waals surface area (Å²) in [5.41, 5.74) is 5.37. The minimum absolute atomic E-state index is 0.0166. The molecule has 1 N–H and O–H groups in total. The van der Waals surface area contributed by atoms with E-state index in [2.05, 4.69) is 20.7 Å². The number of carbonyl (C=O) groups excluding carboxylic acids is 1.